The van der Waals surface area contributed by atoms with Crippen LogP contribution in [0.25, 0.3) is 33.4 Å². The Morgan fingerprint density at radius 2 is 1.77 bits per heavy atom. The molecule has 4 aromatic rings. The van der Waals surface area contributed by atoms with E-state index in [1.165, 1.54) is 6.08 Å². The maximum absolute atomic E-state index is 13.4. The monoisotopic (exact) mass is 540 g/mol. The van der Waals surface area contributed by atoms with Crippen molar-refractivity contribution in [3.8, 4) is 22.4 Å². The maximum atomic E-state index is 13.4. The minimum absolute atomic E-state index is 0.0239. The minimum atomic E-state index is -0.0746. The van der Waals surface area contributed by atoms with Crippen LogP contribution in [-0.2, 0) is 16.0 Å². The van der Waals surface area contributed by atoms with Crippen molar-refractivity contribution in [3.63, 3.8) is 0 Å². The van der Waals surface area contributed by atoms with Crippen LogP contribution in [0.5, 0.6) is 0 Å². The summed E-state index contributed by atoms with van der Waals surface area (Å²) in [5.41, 5.74) is 6.46. The van der Waals surface area contributed by atoms with Crippen LogP contribution in [0.15, 0.2) is 67.4 Å². The standard InChI is InChI=1S/C31H29ClN4O3/c1-4-25(38)18-24-16-21(9-8-19(24)2)27-28-26(32)10-11-33-30(28)34-29(27)22-6-5-7-23(17-22)31(39)36-14-12-35(13-15-36)20(3)37/h4-11,16-17H,1,12-15,18H2,2-3H3,(H,33,34). The number of nitrogens with zero attached hydrogens (tertiary/aromatic N) is 3. The lowest BCUT2D eigenvalue weighted by atomic mass is 9.93. The second kappa shape index (κ2) is 10.9. The molecule has 0 unspecified atom stereocenters. The van der Waals surface area contributed by atoms with E-state index in [1.807, 2.05) is 49.4 Å². The van der Waals surface area contributed by atoms with Gasteiger partial charge in [0.2, 0.25) is 5.91 Å². The lowest BCUT2D eigenvalue weighted by Gasteiger charge is -2.34. The molecule has 2 aromatic carbocycles. The highest BCUT2D eigenvalue weighted by atomic mass is 35.5. The smallest absolute Gasteiger partial charge is 0.253 e. The molecule has 198 valence electrons. The van der Waals surface area contributed by atoms with Gasteiger partial charge in [0.1, 0.15) is 5.65 Å². The lowest BCUT2D eigenvalue weighted by molar-refractivity contribution is -0.130. The predicted molar refractivity (Wildman–Crippen MR) is 154 cm³/mol. The molecule has 1 saturated heterocycles. The van der Waals surface area contributed by atoms with Crippen LogP contribution in [0.2, 0.25) is 5.02 Å². The van der Waals surface area contributed by atoms with E-state index in [1.54, 1.807) is 29.0 Å². The van der Waals surface area contributed by atoms with Crippen molar-refractivity contribution in [1.82, 2.24) is 19.8 Å². The third-order valence-corrected chi connectivity index (χ3v) is 7.60. The van der Waals surface area contributed by atoms with E-state index < -0.39 is 0 Å². The second-order valence-corrected chi connectivity index (χ2v) is 10.2. The number of piperazine rings is 1. The SMILES string of the molecule is C=CC(=O)Cc1cc(-c2c(-c3cccc(C(=O)N4CCN(C(C)=O)CC4)c3)[nH]c3nccc(Cl)c23)ccc1C. The lowest BCUT2D eigenvalue weighted by Crippen LogP contribution is -2.50. The number of halogens is 1. The number of hydrogen-bond donors (Lipinski definition) is 1. The van der Waals surface area contributed by atoms with Gasteiger partial charge in [0.15, 0.2) is 5.78 Å². The summed E-state index contributed by atoms with van der Waals surface area (Å²) in [4.78, 5) is 48.7. The molecule has 7 nitrogen and oxygen atoms in total. The van der Waals surface area contributed by atoms with Crippen molar-refractivity contribution in [2.75, 3.05) is 26.2 Å². The van der Waals surface area contributed by atoms with E-state index in [9.17, 15) is 14.4 Å². The van der Waals surface area contributed by atoms with Gasteiger partial charge in [-0.05, 0) is 53.5 Å². The average molecular weight is 541 g/mol. The van der Waals surface area contributed by atoms with Crippen molar-refractivity contribution in [2.24, 2.45) is 0 Å². The summed E-state index contributed by atoms with van der Waals surface area (Å²) in [6.45, 7) is 9.18. The topological polar surface area (TPSA) is 86.4 Å². The van der Waals surface area contributed by atoms with Gasteiger partial charge in [-0.1, -0.05) is 48.5 Å². The Balaban J connectivity index is 1.58. The van der Waals surface area contributed by atoms with E-state index in [4.69, 9.17) is 11.6 Å². The highest BCUT2D eigenvalue weighted by Crippen LogP contribution is 2.41. The molecule has 1 fully saturated rings. The molecule has 2 aromatic heterocycles. The minimum Gasteiger partial charge on any atom is -0.339 e. The first-order valence-electron chi connectivity index (χ1n) is 12.8. The second-order valence-electron chi connectivity index (χ2n) is 9.76. The number of hydrogen-bond acceptors (Lipinski definition) is 4. The number of nitrogens with one attached hydrogen (secondary N) is 1. The number of carbonyl (C=O) groups is 3. The molecule has 39 heavy (non-hydrogen) atoms. The predicted octanol–water partition coefficient (Wildman–Crippen LogP) is 5.46. The summed E-state index contributed by atoms with van der Waals surface area (Å²) in [5, 5.41) is 1.33. The Morgan fingerprint density at radius 3 is 2.49 bits per heavy atom. The molecule has 5 rings (SSSR count). The van der Waals surface area contributed by atoms with E-state index in [0.29, 0.717) is 42.4 Å². The number of allylic oxidation sites excluding steroid dienone is 1. The van der Waals surface area contributed by atoms with Crippen LogP contribution in [-0.4, -0.2) is 63.5 Å². The normalized spacial score (nSPS) is 13.5. The zero-order valence-electron chi connectivity index (χ0n) is 22.0. The number of carbonyl (C=O) groups excluding carboxylic acids is 3. The number of H-pyrrole nitrogens is 1. The van der Waals surface area contributed by atoms with Gasteiger partial charge >= 0.3 is 0 Å². The number of rotatable bonds is 6. The Hall–Kier alpha value is -4.23. The molecule has 0 radical (unpaired) electrons. The van der Waals surface area contributed by atoms with Crippen molar-refractivity contribution >= 4 is 40.2 Å². The summed E-state index contributed by atoms with van der Waals surface area (Å²) in [6.07, 6.45) is 3.25. The highest BCUT2D eigenvalue weighted by molar-refractivity contribution is 6.36. The van der Waals surface area contributed by atoms with Crippen LogP contribution in [0.4, 0.5) is 0 Å². The Morgan fingerprint density at radius 1 is 1.03 bits per heavy atom. The van der Waals surface area contributed by atoms with Crippen LogP contribution in [0.3, 0.4) is 0 Å². The first-order chi connectivity index (χ1) is 18.8. The fourth-order valence-corrected chi connectivity index (χ4v) is 5.31. The van der Waals surface area contributed by atoms with Gasteiger partial charge in [-0.2, -0.15) is 0 Å². The third kappa shape index (κ3) is 5.22. The van der Waals surface area contributed by atoms with Crippen molar-refractivity contribution in [2.45, 2.75) is 20.3 Å². The fourth-order valence-electron chi connectivity index (χ4n) is 5.07. The molecule has 3 heterocycles. The molecule has 1 aliphatic heterocycles. The molecule has 1 N–H and O–H groups in total. The first-order valence-corrected chi connectivity index (χ1v) is 13.2. The third-order valence-electron chi connectivity index (χ3n) is 7.28. The van der Waals surface area contributed by atoms with E-state index in [2.05, 4.69) is 16.5 Å². The van der Waals surface area contributed by atoms with Crippen LogP contribution in [0.1, 0.15) is 28.4 Å². The quantitative estimate of drug-likeness (QED) is 0.329. The highest BCUT2D eigenvalue weighted by Gasteiger charge is 2.25. The first kappa shape index (κ1) is 26.4. The van der Waals surface area contributed by atoms with Crippen molar-refractivity contribution in [1.29, 1.82) is 0 Å². The summed E-state index contributed by atoms with van der Waals surface area (Å²) < 4.78 is 0. The number of pyridine rings is 1. The maximum Gasteiger partial charge on any atom is 0.253 e. The average Bonchev–Trinajstić information content (AvgIpc) is 3.35. The molecule has 1 aliphatic rings. The van der Waals surface area contributed by atoms with E-state index in [0.717, 1.165) is 38.9 Å². The van der Waals surface area contributed by atoms with E-state index in [-0.39, 0.29) is 24.0 Å². The molecule has 0 atom stereocenters. The summed E-state index contributed by atoms with van der Waals surface area (Å²) in [5.74, 6) is -0.102. The largest absolute Gasteiger partial charge is 0.339 e. The Labute approximate surface area is 232 Å². The van der Waals surface area contributed by atoms with Crippen LogP contribution < -0.4 is 0 Å². The van der Waals surface area contributed by atoms with Crippen LogP contribution in [0, 0.1) is 6.92 Å². The van der Waals surface area contributed by atoms with Gasteiger partial charge < -0.3 is 14.8 Å². The molecular formula is C31H29ClN4O3. The fraction of sp³-hybridized carbons (Fsp3) is 0.226. The van der Waals surface area contributed by atoms with Gasteiger partial charge in [-0.15, -0.1) is 0 Å². The molecule has 0 saturated carbocycles. The van der Waals surface area contributed by atoms with Gasteiger partial charge in [0.25, 0.3) is 5.91 Å². The van der Waals surface area contributed by atoms with Gasteiger partial charge in [0.05, 0.1) is 10.7 Å². The van der Waals surface area contributed by atoms with E-state index >= 15 is 0 Å². The molecule has 0 bridgehead atoms. The molecule has 0 spiro atoms. The van der Waals surface area contributed by atoms with Gasteiger partial charge in [0, 0.05) is 62.2 Å². The number of aromatic nitrogens is 2. The molecule has 0 aliphatic carbocycles. The summed E-state index contributed by atoms with van der Waals surface area (Å²) >= 11 is 6.69. The summed E-state index contributed by atoms with van der Waals surface area (Å²) in [6, 6.07) is 15.3. The number of benzene rings is 2. The molecule has 2 amide bonds. The van der Waals surface area contributed by atoms with Crippen molar-refractivity contribution < 1.29 is 14.4 Å². The number of ketones is 1. The zero-order valence-corrected chi connectivity index (χ0v) is 22.7. The molecular weight excluding hydrogens is 512 g/mol. The Bertz CT molecular complexity index is 1620. The Kier molecular flexibility index (Phi) is 7.35. The number of aromatic amines is 1. The van der Waals surface area contributed by atoms with Gasteiger partial charge in [-0.3, -0.25) is 14.4 Å². The number of fused-ring (bicyclic) bond motifs is 1. The number of amides is 2. The molecule has 8 heteroatoms. The summed E-state index contributed by atoms with van der Waals surface area (Å²) in [7, 11) is 0. The van der Waals surface area contributed by atoms with Crippen molar-refractivity contribution in [3.05, 3.63) is 89.1 Å². The van der Waals surface area contributed by atoms with Gasteiger partial charge in [-0.25, -0.2) is 4.98 Å². The van der Waals surface area contributed by atoms with Crippen LogP contribution >= 0.6 is 11.6 Å². The number of aryl methyl sites for hydroxylation is 1. The zero-order chi connectivity index (χ0) is 27.7.